The van der Waals surface area contributed by atoms with Gasteiger partial charge in [0, 0.05) is 11.3 Å². The van der Waals surface area contributed by atoms with Crippen LogP contribution in [0.25, 0.3) is 0 Å². The van der Waals surface area contributed by atoms with Gasteiger partial charge in [0.2, 0.25) is 0 Å². The zero-order valence-corrected chi connectivity index (χ0v) is 11.2. The molecule has 0 amide bonds. The third-order valence-corrected chi connectivity index (χ3v) is 5.04. The maximum Gasteiger partial charge on any atom is 0.345 e. The Bertz CT molecular complexity index is 397. The summed E-state index contributed by atoms with van der Waals surface area (Å²) < 4.78 is 0. The minimum absolute atomic E-state index is 0.101. The monoisotopic (exact) mass is 273 g/mol. The van der Waals surface area contributed by atoms with Crippen molar-refractivity contribution in [2.75, 3.05) is 11.6 Å². The van der Waals surface area contributed by atoms with Gasteiger partial charge >= 0.3 is 5.00 Å². The molecule has 1 aromatic heterocycles. The SMILES string of the molecule is CSC1CCCCC1Nc1ncc([N+](=O)[O-])s1. The van der Waals surface area contributed by atoms with Gasteiger partial charge in [0.1, 0.15) is 6.20 Å². The Kier molecular flexibility index (Phi) is 4.22. The van der Waals surface area contributed by atoms with Crippen molar-refractivity contribution in [1.82, 2.24) is 4.98 Å². The summed E-state index contributed by atoms with van der Waals surface area (Å²) in [6.45, 7) is 0. The number of nitrogens with zero attached hydrogens (tertiary/aromatic N) is 2. The molecule has 0 bridgehead atoms. The Balaban J connectivity index is 2.00. The maximum atomic E-state index is 10.6. The second-order valence-corrected chi connectivity index (χ2v) is 6.16. The summed E-state index contributed by atoms with van der Waals surface area (Å²) in [5.74, 6) is 0. The molecule has 1 aliphatic rings. The molecular weight excluding hydrogens is 258 g/mol. The fourth-order valence-electron chi connectivity index (χ4n) is 2.12. The third kappa shape index (κ3) is 3.10. The molecule has 94 valence electrons. The molecule has 0 saturated heterocycles. The zero-order valence-electron chi connectivity index (χ0n) is 9.59. The minimum Gasteiger partial charge on any atom is -0.357 e. The average molecular weight is 273 g/mol. The van der Waals surface area contributed by atoms with Crippen LogP contribution in [0.5, 0.6) is 0 Å². The molecular formula is C10H15N3O2S2. The average Bonchev–Trinajstić information content (AvgIpc) is 2.78. The Morgan fingerprint density at radius 2 is 2.35 bits per heavy atom. The molecule has 2 unspecified atom stereocenters. The zero-order chi connectivity index (χ0) is 12.3. The first-order valence-corrected chi connectivity index (χ1v) is 7.70. The van der Waals surface area contributed by atoms with Gasteiger partial charge in [-0.1, -0.05) is 12.8 Å². The van der Waals surface area contributed by atoms with Crippen molar-refractivity contribution in [3.8, 4) is 0 Å². The Labute approximate surface area is 108 Å². The fourth-order valence-corrected chi connectivity index (χ4v) is 3.75. The second kappa shape index (κ2) is 5.68. The molecule has 7 heteroatoms. The van der Waals surface area contributed by atoms with Gasteiger partial charge in [-0.05, 0) is 30.4 Å². The lowest BCUT2D eigenvalue weighted by Gasteiger charge is -2.30. The number of hydrogen-bond donors (Lipinski definition) is 1. The van der Waals surface area contributed by atoms with Crippen LogP contribution in [0.4, 0.5) is 10.1 Å². The smallest absolute Gasteiger partial charge is 0.345 e. The van der Waals surface area contributed by atoms with Crippen molar-refractivity contribution < 1.29 is 4.92 Å². The summed E-state index contributed by atoms with van der Waals surface area (Å²) in [4.78, 5) is 14.2. The van der Waals surface area contributed by atoms with E-state index in [0.29, 0.717) is 16.4 Å². The number of anilines is 1. The fraction of sp³-hybridized carbons (Fsp3) is 0.700. The van der Waals surface area contributed by atoms with E-state index in [1.54, 1.807) is 0 Å². The van der Waals surface area contributed by atoms with E-state index in [-0.39, 0.29) is 5.00 Å². The van der Waals surface area contributed by atoms with Crippen molar-refractivity contribution in [2.45, 2.75) is 37.0 Å². The molecule has 17 heavy (non-hydrogen) atoms. The first-order valence-electron chi connectivity index (χ1n) is 5.60. The lowest BCUT2D eigenvalue weighted by Crippen LogP contribution is -2.34. The lowest BCUT2D eigenvalue weighted by molar-refractivity contribution is -0.380. The van der Waals surface area contributed by atoms with Crippen LogP contribution < -0.4 is 5.32 Å². The number of aromatic nitrogens is 1. The van der Waals surface area contributed by atoms with Gasteiger partial charge in [0.05, 0.1) is 4.92 Å². The van der Waals surface area contributed by atoms with Crippen molar-refractivity contribution in [2.24, 2.45) is 0 Å². The van der Waals surface area contributed by atoms with Gasteiger partial charge in [-0.3, -0.25) is 10.1 Å². The van der Waals surface area contributed by atoms with Crippen molar-refractivity contribution in [1.29, 1.82) is 0 Å². The highest BCUT2D eigenvalue weighted by Crippen LogP contribution is 2.32. The van der Waals surface area contributed by atoms with Crippen LogP contribution in [0, 0.1) is 10.1 Å². The van der Waals surface area contributed by atoms with Gasteiger partial charge in [-0.15, -0.1) is 0 Å². The molecule has 2 atom stereocenters. The van der Waals surface area contributed by atoms with Crippen LogP contribution in [0.1, 0.15) is 25.7 Å². The predicted molar refractivity (Wildman–Crippen MR) is 72.0 cm³/mol. The van der Waals surface area contributed by atoms with E-state index < -0.39 is 4.92 Å². The van der Waals surface area contributed by atoms with Gasteiger partial charge in [-0.2, -0.15) is 11.8 Å². The van der Waals surface area contributed by atoms with Crippen molar-refractivity contribution in [3.63, 3.8) is 0 Å². The van der Waals surface area contributed by atoms with Crippen molar-refractivity contribution >= 4 is 33.2 Å². The van der Waals surface area contributed by atoms with E-state index in [0.717, 1.165) is 17.8 Å². The minimum atomic E-state index is -0.393. The van der Waals surface area contributed by atoms with Gasteiger partial charge in [0.25, 0.3) is 0 Å². The van der Waals surface area contributed by atoms with E-state index >= 15 is 0 Å². The molecule has 0 aromatic carbocycles. The van der Waals surface area contributed by atoms with Crippen LogP contribution in [-0.4, -0.2) is 27.5 Å². The van der Waals surface area contributed by atoms with Crippen LogP contribution in [0.2, 0.25) is 0 Å². The highest BCUT2D eigenvalue weighted by atomic mass is 32.2. The Morgan fingerprint density at radius 1 is 1.59 bits per heavy atom. The summed E-state index contributed by atoms with van der Waals surface area (Å²) in [5, 5.41) is 15.3. The molecule has 5 nitrogen and oxygen atoms in total. The summed E-state index contributed by atoms with van der Waals surface area (Å²) in [5.41, 5.74) is 0. The third-order valence-electron chi connectivity index (χ3n) is 2.99. The van der Waals surface area contributed by atoms with Crippen LogP contribution >= 0.6 is 23.1 Å². The summed E-state index contributed by atoms with van der Waals surface area (Å²) in [6.07, 6.45) is 8.29. The first-order chi connectivity index (χ1) is 8.20. The largest absolute Gasteiger partial charge is 0.357 e. The van der Waals surface area contributed by atoms with Gasteiger partial charge in [0.15, 0.2) is 5.13 Å². The van der Waals surface area contributed by atoms with Gasteiger partial charge < -0.3 is 5.32 Å². The lowest BCUT2D eigenvalue weighted by atomic mass is 9.95. The molecule has 0 aliphatic heterocycles. The Morgan fingerprint density at radius 3 is 3.00 bits per heavy atom. The predicted octanol–water partition coefficient (Wildman–Crippen LogP) is 3.14. The molecule has 1 fully saturated rings. The molecule has 1 aliphatic carbocycles. The molecule has 1 N–H and O–H groups in total. The summed E-state index contributed by atoms with van der Waals surface area (Å²) in [7, 11) is 0. The number of rotatable bonds is 4. The van der Waals surface area contributed by atoms with Crippen LogP contribution in [0.3, 0.4) is 0 Å². The highest BCUT2D eigenvalue weighted by molar-refractivity contribution is 7.99. The highest BCUT2D eigenvalue weighted by Gasteiger charge is 2.25. The molecule has 2 rings (SSSR count). The van der Waals surface area contributed by atoms with E-state index in [1.807, 2.05) is 11.8 Å². The van der Waals surface area contributed by atoms with E-state index in [2.05, 4.69) is 16.6 Å². The second-order valence-electron chi connectivity index (χ2n) is 4.07. The van der Waals surface area contributed by atoms with Crippen molar-refractivity contribution in [3.05, 3.63) is 16.3 Å². The molecule has 0 radical (unpaired) electrons. The molecule has 1 saturated carbocycles. The Hall–Kier alpha value is -0.820. The van der Waals surface area contributed by atoms with Gasteiger partial charge in [-0.25, -0.2) is 4.98 Å². The molecule has 1 aromatic rings. The number of thioether (sulfide) groups is 1. The molecule has 1 heterocycles. The quantitative estimate of drug-likeness (QED) is 0.674. The summed E-state index contributed by atoms with van der Waals surface area (Å²) >= 11 is 2.98. The molecule has 0 spiro atoms. The van der Waals surface area contributed by atoms with E-state index in [9.17, 15) is 10.1 Å². The standard InChI is InChI=1S/C10H15N3O2S2/c1-16-8-5-3-2-4-7(8)12-10-11-6-9(17-10)13(14)15/h6-8H,2-5H2,1H3,(H,11,12). The first kappa shape index (κ1) is 12.6. The topological polar surface area (TPSA) is 68.1 Å². The van der Waals surface area contributed by atoms with Crippen LogP contribution in [-0.2, 0) is 0 Å². The number of nitro groups is 1. The maximum absolute atomic E-state index is 10.6. The number of hydrogen-bond acceptors (Lipinski definition) is 6. The number of thiazole rings is 1. The van der Waals surface area contributed by atoms with E-state index in [4.69, 9.17) is 0 Å². The number of nitrogens with one attached hydrogen (secondary N) is 1. The normalized spacial score (nSPS) is 24.5. The summed E-state index contributed by atoms with van der Waals surface area (Å²) in [6, 6.07) is 0.393. The van der Waals surface area contributed by atoms with E-state index in [1.165, 1.54) is 25.5 Å². The van der Waals surface area contributed by atoms with Crippen LogP contribution in [0.15, 0.2) is 6.20 Å².